The van der Waals surface area contributed by atoms with Gasteiger partial charge in [-0.1, -0.05) is 0 Å². The number of hydrogen-bond donors (Lipinski definition) is 1. The van der Waals surface area contributed by atoms with Crippen LogP contribution in [0.2, 0.25) is 0 Å². The molecule has 12 heteroatoms. The van der Waals surface area contributed by atoms with Gasteiger partial charge in [-0.3, -0.25) is 19.5 Å². The van der Waals surface area contributed by atoms with Crippen LogP contribution in [0.1, 0.15) is 29.8 Å². The number of rotatable bonds is 7. The number of amides is 2. The van der Waals surface area contributed by atoms with Gasteiger partial charge in [0.1, 0.15) is 0 Å². The van der Waals surface area contributed by atoms with Crippen molar-refractivity contribution in [3.05, 3.63) is 68.1 Å². The van der Waals surface area contributed by atoms with Crippen molar-refractivity contribution >= 4 is 40.3 Å². The number of nitrogens with two attached hydrogens (primary N) is 1. The van der Waals surface area contributed by atoms with Gasteiger partial charge in [-0.15, -0.1) is 0 Å². The third kappa shape index (κ3) is 4.25. The van der Waals surface area contributed by atoms with Crippen molar-refractivity contribution in [3.63, 3.8) is 0 Å². The standard InChI is InChI=1S/C22H23N5O7/c1-4-25-19-15(16(27(32)33)10-11-17(19)26(21(23)30)22(25)31)12-18(28)24(3)14-8-6-13(7-9-14)20(29)34-5-2/h6-11H,4-5,12H2,1-3H3,(H2,23,30). The fourth-order valence-corrected chi connectivity index (χ4v) is 3.72. The minimum absolute atomic E-state index is 0.0126. The lowest BCUT2D eigenvalue weighted by Gasteiger charge is -2.18. The molecule has 0 aliphatic rings. The quantitative estimate of drug-likeness (QED) is 0.315. The van der Waals surface area contributed by atoms with E-state index >= 15 is 0 Å². The zero-order valence-corrected chi connectivity index (χ0v) is 18.8. The number of imidazole rings is 1. The van der Waals surface area contributed by atoms with Gasteiger partial charge in [0.15, 0.2) is 0 Å². The van der Waals surface area contributed by atoms with E-state index in [1.165, 1.54) is 34.7 Å². The number of nitro benzene ring substituents is 1. The molecule has 0 fully saturated rings. The van der Waals surface area contributed by atoms with Crippen LogP contribution < -0.4 is 16.3 Å². The first kappa shape index (κ1) is 24.2. The molecule has 0 aliphatic heterocycles. The maximum absolute atomic E-state index is 13.1. The highest BCUT2D eigenvalue weighted by atomic mass is 16.6. The summed E-state index contributed by atoms with van der Waals surface area (Å²) in [4.78, 5) is 61.8. The van der Waals surface area contributed by atoms with E-state index in [0.717, 1.165) is 6.07 Å². The number of primary amides is 1. The Bertz CT molecular complexity index is 1350. The molecule has 178 valence electrons. The van der Waals surface area contributed by atoms with Gasteiger partial charge in [0.2, 0.25) is 5.91 Å². The molecule has 2 N–H and O–H groups in total. The van der Waals surface area contributed by atoms with Crippen LogP contribution in [-0.2, 0) is 22.5 Å². The van der Waals surface area contributed by atoms with Gasteiger partial charge in [0, 0.05) is 25.3 Å². The van der Waals surface area contributed by atoms with Crippen molar-refractivity contribution in [2.75, 3.05) is 18.6 Å². The molecule has 1 aromatic heterocycles. The predicted molar refractivity (Wildman–Crippen MR) is 123 cm³/mol. The minimum atomic E-state index is -1.04. The van der Waals surface area contributed by atoms with Crippen LogP contribution in [0.3, 0.4) is 0 Å². The van der Waals surface area contributed by atoms with Crippen molar-refractivity contribution < 1.29 is 24.0 Å². The fraction of sp³-hybridized carbons (Fsp3) is 0.273. The number of carbonyl (C=O) groups excluding carboxylic acids is 3. The SMILES string of the molecule is CCOC(=O)c1ccc(N(C)C(=O)Cc2c([N+](=O)[O-])ccc3c2n(CC)c(=O)n3C(N)=O)cc1. The van der Waals surface area contributed by atoms with Crippen LogP contribution in [-0.4, -0.2) is 45.6 Å². The number of aryl methyl sites for hydroxylation is 1. The van der Waals surface area contributed by atoms with Gasteiger partial charge in [0.25, 0.3) is 5.69 Å². The first-order valence-electron chi connectivity index (χ1n) is 10.4. The Morgan fingerprint density at radius 1 is 1.12 bits per heavy atom. The van der Waals surface area contributed by atoms with Crippen LogP contribution in [0.15, 0.2) is 41.2 Å². The monoisotopic (exact) mass is 469 g/mol. The lowest BCUT2D eigenvalue weighted by molar-refractivity contribution is -0.385. The first-order chi connectivity index (χ1) is 16.1. The van der Waals surface area contributed by atoms with Crippen LogP contribution in [0.4, 0.5) is 16.2 Å². The molecule has 0 radical (unpaired) electrons. The van der Waals surface area contributed by atoms with Crippen molar-refractivity contribution in [1.82, 2.24) is 9.13 Å². The second-order valence-corrected chi connectivity index (χ2v) is 7.29. The Hall–Kier alpha value is -4.48. The van der Waals surface area contributed by atoms with Gasteiger partial charge in [-0.05, 0) is 44.2 Å². The Kier molecular flexibility index (Phi) is 6.80. The molecular weight excluding hydrogens is 446 g/mol. The van der Waals surface area contributed by atoms with Crippen molar-refractivity contribution in [1.29, 1.82) is 0 Å². The highest BCUT2D eigenvalue weighted by Crippen LogP contribution is 2.29. The third-order valence-corrected chi connectivity index (χ3v) is 5.37. The Labute approximate surface area is 193 Å². The molecule has 0 bridgehead atoms. The van der Waals surface area contributed by atoms with E-state index in [9.17, 15) is 29.3 Å². The molecule has 0 unspecified atom stereocenters. The molecule has 2 aromatic carbocycles. The molecule has 0 saturated heterocycles. The molecule has 2 amide bonds. The van der Waals surface area contributed by atoms with Gasteiger partial charge < -0.3 is 15.4 Å². The third-order valence-electron chi connectivity index (χ3n) is 5.37. The van der Waals surface area contributed by atoms with Gasteiger partial charge in [0.05, 0.1) is 40.1 Å². The zero-order chi connectivity index (χ0) is 25.2. The number of anilines is 1. The van der Waals surface area contributed by atoms with E-state index < -0.39 is 34.9 Å². The summed E-state index contributed by atoms with van der Waals surface area (Å²) in [6, 6.07) is 7.46. The summed E-state index contributed by atoms with van der Waals surface area (Å²) < 4.78 is 6.82. The van der Waals surface area contributed by atoms with Crippen molar-refractivity contribution in [3.8, 4) is 0 Å². The lowest BCUT2D eigenvalue weighted by atomic mass is 10.1. The highest BCUT2D eigenvalue weighted by molar-refractivity contribution is 5.99. The second-order valence-electron chi connectivity index (χ2n) is 7.29. The van der Waals surface area contributed by atoms with Gasteiger partial charge >= 0.3 is 17.7 Å². The summed E-state index contributed by atoms with van der Waals surface area (Å²) in [7, 11) is 1.48. The molecule has 0 atom stereocenters. The minimum Gasteiger partial charge on any atom is -0.462 e. The first-order valence-corrected chi connectivity index (χ1v) is 10.4. The summed E-state index contributed by atoms with van der Waals surface area (Å²) in [5.74, 6) is -1.01. The number of nitro groups is 1. The second kappa shape index (κ2) is 9.57. The molecule has 34 heavy (non-hydrogen) atoms. The number of benzene rings is 2. The Morgan fingerprint density at radius 2 is 1.76 bits per heavy atom. The summed E-state index contributed by atoms with van der Waals surface area (Å²) >= 11 is 0. The number of hydrogen-bond acceptors (Lipinski definition) is 7. The number of ether oxygens (including phenoxy) is 1. The van der Waals surface area contributed by atoms with E-state index in [0.29, 0.717) is 15.8 Å². The highest BCUT2D eigenvalue weighted by Gasteiger charge is 2.27. The van der Waals surface area contributed by atoms with E-state index in [2.05, 4.69) is 0 Å². The summed E-state index contributed by atoms with van der Waals surface area (Å²) in [6.45, 7) is 3.65. The van der Waals surface area contributed by atoms with E-state index in [-0.39, 0.29) is 35.4 Å². The van der Waals surface area contributed by atoms with Crippen LogP contribution in [0, 0.1) is 10.1 Å². The smallest absolute Gasteiger partial charge is 0.338 e. The topological polar surface area (TPSA) is 160 Å². The predicted octanol–water partition coefficient (Wildman–Crippen LogP) is 2.04. The molecule has 1 heterocycles. The largest absolute Gasteiger partial charge is 0.462 e. The molecule has 0 aliphatic carbocycles. The van der Waals surface area contributed by atoms with Crippen molar-refractivity contribution in [2.24, 2.45) is 5.73 Å². The van der Waals surface area contributed by atoms with E-state index in [1.54, 1.807) is 26.0 Å². The number of esters is 1. The average Bonchev–Trinajstić information content (AvgIpc) is 3.10. The maximum Gasteiger partial charge on any atom is 0.338 e. The lowest BCUT2D eigenvalue weighted by Crippen LogP contribution is -2.32. The van der Waals surface area contributed by atoms with Gasteiger partial charge in [-0.25, -0.2) is 19.0 Å². The number of aromatic nitrogens is 2. The normalized spacial score (nSPS) is 10.8. The van der Waals surface area contributed by atoms with Crippen LogP contribution >= 0.6 is 0 Å². The Balaban J connectivity index is 2.05. The average molecular weight is 469 g/mol. The van der Waals surface area contributed by atoms with Crippen molar-refractivity contribution in [2.45, 2.75) is 26.8 Å². The number of likely N-dealkylation sites (N-methyl/N-ethyl adjacent to an activating group) is 1. The summed E-state index contributed by atoms with van der Waals surface area (Å²) in [5.41, 5.74) is 5.14. The van der Waals surface area contributed by atoms with Gasteiger partial charge in [-0.2, -0.15) is 0 Å². The van der Waals surface area contributed by atoms with Crippen LogP contribution in [0.25, 0.3) is 11.0 Å². The number of nitrogens with zero attached hydrogens (tertiary/aromatic N) is 4. The maximum atomic E-state index is 13.1. The van der Waals surface area contributed by atoms with E-state index in [4.69, 9.17) is 10.5 Å². The molecule has 12 nitrogen and oxygen atoms in total. The summed E-state index contributed by atoms with van der Waals surface area (Å²) in [6.07, 6.45) is -0.425. The Morgan fingerprint density at radius 3 is 2.29 bits per heavy atom. The fourth-order valence-electron chi connectivity index (χ4n) is 3.72. The molecule has 3 aromatic rings. The number of fused-ring (bicyclic) bond motifs is 1. The zero-order valence-electron chi connectivity index (χ0n) is 18.8. The summed E-state index contributed by atoms with van der Waals surface area (Å²) in [5, 5.41) is 11.7. The van der Waals surface area contributed by atoms with Crippen LogP contribution in [0.5, 0.6) is 0 Å². The molecular formula is C22H23N5O7. The van der Waals surface area contributed by atoms with E-state index in [1.807, 2.05) is 0 Å². The molecule has 3 rings (SSSR count). The number of carbonyl (C=O) groups is 3. The molecule has 0 spiro atoms. The molecule has 0 saturated carbocycles.